The molecule has 4 heteroatoms. The molecule has 0 fully saturated rings. The van der Waals surface area contributed by atoms with Crippen LogP contribution >= 0.6 is 15.9 Å². The zero-order valence-corrected chi connectivity index (χ0v) is 10.9. The zero-order valence-electron chi connectivity index (χ0n) is 9.35. The summed E-state index contributed by atoms with van der Waals surface area (Å²) in [7, 11) is 0. The number of hydrogen-bond acceptors (Lipinski definition) is 2. The maximum atomic E-state index is 12.0. The lowest BCUT2D eigenvalue weighted by Crippen LogP contribution is -2.12. The molecule has 88 valence electrons. The average Bonchev–Trinajstić information content (AvgIpc) is 2.39. The molecule has 0 aliphatic rings. The van der Waals surface area contributed by atoms with Gasteiger partial charge in [0.25, 0.3) is 5.91 Å². The van der Waals surface area contributed by atoms with Crippen LogP contribution in [0.3, 0.4) is 0 Å². The van der Waals surface area contributed by atoms with E-state index < -0.39 is 0 Å². The Hall–Kier alpha value is -2.12. The van der Waals surface area contributed by atoms with Crippen molar-refractivity contribution < 1.29 is 4.79 Å². The van der Waals surface area contributed by atoms with Gasteiger partial charge >= 0.3 is 0 Å². The summed E-state index contributed by atoms with van der Waals surface area (Å²) in [5, 5.41) is 11.7. The third-order valence-corrected chi connectivity index (χ3v) is 2.88. The van der Waals surface area contributed by atoms with Crippen LogP contribution in [-0.2, 0) is 0 Å². The van der Waals surface area contributed by atoms with Crippen LogP contribution in [0.2, 0.25) is 0 Å². The Morgan fingerprint density at radius 1 is 1.17 bits per heavy atom. The second kappa shape index (κ2) is 5.48. The quantitative estimate of drug-likeness (QED) is 0.922. The number of amides is 1. The molecule has 0 saturated heterocycles. The van der Waals surface area contributed by atoms with Gasteiger partial charge in [-0.25, -0.2) is 0 Å². The van der Waals surface area contributed by atoms with Crippen molar-refractivity contribution in [2.24, 2.45) is 0 Å². The number of nitriles is 1. The van der Waals surface area contributed by atoms with E-state index in [1.54, 1.807) is 42.5 Å². The van der Waals surface area contributed by atoms with Gasteiger partial charge in [0.2, 0.25) is 0 Å². The second-order valence-electron chi connectivity index (χ2n) is 3.62. The van der Waals surface area contributed by atoms with E-state index in [9.17, 15) is 4.79 Å². The van der Waals surface area contributed by atoms with Crippen LogP contribution < -0.4 is 5.32 Å². The lowest BCUT2D eigenvalue weighted by atomic mass is 10.1. The van der Waals surface area contributed by atoms with Gasteiger partial charge in [-0.15, -0.1) is 0 Å². The Bertz CT molecular complexity index is 632. The van der Waals surface area contributed by atoms with Crippen molar-refractivity contribution in [1.29, 1.82) is 5.26 Å². The summed E-state index contributed by atoms with van der Waals surface area (Å²) in [6, 6.07) is 16.0. The Morgan fingerprint density at radius 2 is 1.94 bits per heavy atom. The van der Waals surface area contributed by atoms with E-state index in [4.69, 9.17) is 5.26 Å². The first-order chi connectivity index (χ1) is 8.70. The van der Waals surface area contributed by atoms with E-state index in [0.29, 0.717) is 16.8 Å². The minimum Gasteiger partial charge on any atom is -0.321 e. The molecule has 2 aromatic rings. The van der Waals surface area contributed by atoms with Crippen molar-refractivity contribution in [3.63, 3.8) is 0 Å². The van der Waals surface area contributed by atoms with Gasteiger partial charge in [-0.3, -0.25) is 4.79 Å². The maximum Gasteiger partial charge on any atom is 0.255 e. The molecule has 1 amide bonds. The van der Waals surface area contributed by atoms with E-state index in [1.165, 1.54) is 0 Å². The number of nitrogens with one attached hydrogen (secondary N) is 1. The third-order valence-electron chi connectivity index (χ3n) is 2.38. The minimum atomic E-state index is -0.237. The third kappa shape index (κ3) is 2.76. The van der Waals surface area contributed by atoms with Crippen molar-refractivity contribution in [3.8, 4) is 6.07 Å². The second-order valence-corrected chi connectivity index (χ2v) is 4.54. The molecule has 0 bridgehead atoms. The van der Waals surface area contributed by atoms with Crippen LogP contribution in [-0.4, -0.2) is 5.91 Å². The van der Waals surface area contributed by atoms with Crippen LogP contribution in [0.1, 0.15) is 15.9 Å². The summed E-state index contributed by atoms with van der Waals surface area (Å²) in [5.41, 5.74) is 1.50. The summed E-state index contributed by atoms with van der Waals surface area (Å²) < 4.78 is 0.837. The van der Waals surface area contributed by atoms with Gasteiger partial charge in [-0.2, -0.15) is 5.26 Å². The topological polar surface area (TPSA) is 52.9 Å². The van der Waals surface area contributed by atoms with Crippen molar-refractivity contribution >= 4 is 27.5 Å². The number of nitrogens with zero attached hydrogens (tertiary/aromatic N) is 1. The number of carbonyl (C=O) groups excluding carboxylic acids is 1. The highest BCUT2D eigenvalue weighted by molar-refractivity contribution is 9.10. The van der Waals surface area contributed by atoms with Crippen LogP contribution in [0.5, 0.6) is 0 Å². The number of para-hydroxylation sites is 1. The molecule has 0 atom stereocenters. The lowest BCUT2D eigenvalue weighted by molar-refractivity contribution is 0.102. The fourth-order valence-electron chi connectivity index (χ4n) is 1.51. The molecule has 0 unspecified atom stereocenters. The number of rotatable bonds is 2. The summed E-state index contributed by atoms with van der Waals surface area (Å²) in [5.74, 6) is -0.237. The largest absolute Gasteiger partial charge is 0.321 e. The van der Waals surface area contributed by atoms with E-state index in [1.807, 2.05) is 12.1 Å². The van der Waals surface area contributed by atoms with Gasteiger partial charge in [0, 0.05) is 10.0 Å². The van der Waals surface area contributed by atoms with Gasteiger partial charge in [0.1, 0.15) is 6.07 Å². The predicted octanol–water partition coefficient (Wildman–Crippen LogP) is 3.57. The fourth-order valence-corrected chi connectivity index (χ4v) is 1.91. The van der Waals surface area contributed by atoms with Crippen LogP contribution in [0.25, 0.3) is 0 Å². The molecular formula is C14H9BrN2O. The SMILES string of the molecule is N#Cc1ccccc1NC(=O)c1cccc(Br)c1. The van der Waals surface area contributed by atoms with Gasteiger partial charge in [-0.1, -0.05) is 34.1 Å². The highest BCUT2D eigenvalue weighted by atomic mass is 79.9. The zero-order chi connectivity index (χ0) is 13.0. The molecule has 0 spiro atoms. The number of carbonyl (C=O) groups is 1. The van der Waals surface area contributed by atoms with E-state index in [-0.39, 0.29) is 5.91 Å². The normalized spacial score (nSPS) is 9.56. The fraction of sp³-hybridized carbons (Fsp3) is 0. The molecule has 2 aromatic carbocycles. The molecule has 0 heterocycles. The smallest absolute Gasteiger partial charge is 0.255 e. The van der Waals surface area contributed by atoms with Gasteiger partial charge in [0.05, 0.1) is 11.3 Å². The summed E-state index contributed by atoms with van der Waals surface area (Å²) in [4.78, 5) is 12.0. The Kier molecular flexibility index (Phi) is 3.75. The molecule has 1 N–H and O–H groups in total. The standard InChI is InChI=1S/C14H9BrN2O/c15-12-6-3-5-10(8-12)14(18)17-13-7-2-1-4-11(13)9-16/h1-8H,(H,17,18). The molecule has 0 aromatic heterocycles. The molecule has 0 aliphatic heterocycles. The van der Waals surface area contributed by atoms with Crippen molar-refractivity contribution in [1.82, 2.24) is 0 Å². The minimum absolute atomic E-state index is 0.237. The monoisotopic (exact) mass is 300 g/mol. The van der Waals surface area contributed by atoms with Gasteiger partial charge in [0.15, 0.2) is 0 Å². The van der Waals surface area contributed by atoms with Crippen molar-refractivity contribution in [2.45, 2.75) is 0 Å². The molecule has 0 saturated carbocycles. The van der Waals surface area contributed by atoms with Gasteiger partial charge < -0.3 is 5.32 Å². The number of anilines is 1. The number of halogens is 1. The van der Waals surface area contributed by atoms with E-state index in [2.05, 4.69) is 21.2 Å². The van der Waals surface area contributed by atoms with E-state index in [0.717, 1.165) is 4.47 Å². The van der Waals surface area contributed by atoms with Crippen molar-refractivity contribution in [2.75, 3.05) is 5.32 Å². The number of benzene rings is 2. The first kappa shape index (κ1) is 12.3. The van der Waals surface area contributed by atoms with Crippen LogP contribution in [0.15, 0.2) is 53.0 Å². The van der Waals surface area contributed by atoms with Crippen molar-refractivity contribution in [3.05, 3.63) is 64.1 Å². The highest BCUT2D eigenvalue weighted by Gasteiger charge is 2.08. The van der Waals surface area contributed by atoms with Crippen LogP contribution in [0, 0.1) is 11.3 Å². The average molecular weight is 301 g/mol. The molecular weight excluding hydrogens is 292 g/mol. The lowest BCUT2D eigenvalue weighted by Gasteiger charge is -2.06. The highest BCUT2D eigenvalue weighted by Crippen LogP contribution is 2.16. The first-order valence-corrected chi connectivity index (χ1v) is 6.06. The Labute approximate surface area is 113 Å². The summed E-state index contributed by atoms with van der Waals surface area (Å²) in [6.07, 6.45) is 0. The number of hydrogen-bond donors (Lipinski definition) is 1. The molecule has 3 nitrogen and oxygen atoms in total. The predicted molar refractivity (Wildman–Crippen MR) is 73.3 cm³/mol. The summed E-state index contributed by atoms with van der Waals surface area (Å²) >= 11 is 3.31. The molecule has 0 aliphatic carbocycles. The first-order valence-electron chi connectivity index (χ1n) is 5.27. The Balaban J connectivity index is 2.25. The van der Waals surface area contributed by atoms with E-state index >= 15 is 0 Å². The summed E-state index contributed by atoms with van der Waals surface area (Å²) in [6.45, 7) is 0. The molecule has 18 heavy (non-hydrogen) atoms. The van der Waals surface area contributed by atoms with Crippen LogP contribution in [0.4, 0.5) is 5.69 Å². The van der Waals surface area contributed by atoms with Gasteiger partial charge in [-0.05, 0) is 30.3 Å². The molecule has 0 radical (unpaired) electrons. The maximum absolute atomic E-state index is 12.0. The molecule has 2 rings (SSSR count). The Morgan fingerprint density at radius 3 is 2.67 bits per heavy atom.